The molecule has 0 radical (unpaired) electrons. The van der Waals surface area contributed by atoms with Gasteiger partial charge < -0.3 is 10.4 Å². The molecule has 0 aliphatic carbocycles. The summed E-state index contributed by atoms with van der Waals surface area (Å²) >= 11 is 0. The van der Waals surface area contributed by atoms with Gasteiger partial charge in [0.25, 0.3) is 5.91 Å². The first-order valence-electron chi connectivity index (χ1n) is 5.63. The first kappa shape index (κ1) is 12.3. The van der Waals surface area contributed by atoms with E-state index in [-0.39, 0.29) is 12.5 Å². The van der Waals surface area contributed by atoms with Crippen LogP contribution in [0.15, 0.2) is 42.6 Å². The average Bonchev–Trinajstić information content (AvgIpc) is 2.39. The Morgan fingerprint density at radius 2 is 2.17 bits per heavy atom. The van der Waals surface area contributed by atoms with Crippen LogP contribution >= 0.6 is 0 Å². The van der Waals surface area contributed by atoms with Crippen molar-refractivity contribution < 1.29 is 9.90 Å². The number of amides is 1. The number of aliphatic hydroxyl groups is 1. The molecule has 0 saturated carbocycles. The van der Waals surface area contributed by atoms with E-state index in [1.165, 1.54) is 0 Å². The summed E-state index contributed by atoms with van der Waals surface area (Å²) in [4.78, 5) is 16.0. The molecule has 1 aromatic carbocycles. The number of anilines is 1. The van der Waals surface area contributed by atoms with E-state index in [0.29, 0.717) is 16.9 Å². The number of carbonyl (C=O) groups is 1. The van der Waals surface area contributed by atoms with E-state index in [1.807, 2.05) is 19.1 Å². The summed E-state index contributed by atoms with van der Waals surface area (Å²) in [6, 6.07) is 10.7. The Morgan fingerprint density at radius 3 is 2.89 bits per heavy atom. The fourth-order valence-corrected chi connectivity index (χ4v) is 1.64. The highest BCUT2D eigenvalue weighted by Gasteiger charge is 2.09. The largest absolute Gasteiger partial charge is 0.392 e. The molecule has 1 heterocycles. The minimum Gasteiger partial charge on any atom is -0.392 e. The third-order valence-electron chi connectivity index (χ3n) is 2.57. The van der Waals surface area contributed by atoms with Gasteiger partial charge in [-0.15, -0.1) is 0 Å². The molecule has 0 bridgehead atoms. The van der Waals surface area contributed by atoms with Crippen LogP contribution in [0.4, 0.5) is 5.82 Å². The van der Waals surface area contributed by atoms with Crippen LogP contribution in [-0.2, 0) is 6.61 Å². The van der Waals surface area contributed by atoms with E-state index < -0.39 is 0 Å². The van der Waals surface area contributed by atoms with Crippen LogP contribution in [-0.4, -0.2) is 16.0 Å². The van der Waals surface area contributed by atoms with E-state index in [4.69, 9.17) is 5.11 Å². The summed E-state index contributed by atoms with van der Waals surface area (Å²) < 4.78 is 0. The van der Waals surface area contributed by atoms with Crippen molar-refractivity contribution in [2.24, 2.45) is 0 Å². The topological polar surface area (TPSA) is 62.2 Å². The Hall–Kier alpha value is -2.20. The van der Waals surface area contributed by atoms with Gasteiger partial charge in [0.2, 0.25) is 0 Å². The fraction of sp³-hybridized carbons (Fsp3) is 0.143. The molecule has 2 rings (SSSR count). The molecule has 0 spiro atoms. The van der Waals surface area contributed by atoms with E-state index in [9.17, 15) is 4.79 Å². The molecule has 0 unspecified atom stereocenters. The molecule has 0 aliphatic rings. The molecule has 0 atom stereocenters. The molecule has 4 nitrogen and oxygen atoms in total. The zero-order valence-electron chi connectivity index (χ0n) is 10.1. The van der Waals surface area contributed by atoms with Gasteiger partial charge in [0, 0.05) is 17.3 Å². The third kappa shape index (κ3) is 2.73. The Labute approximate surface area is 105 Å². The lowest BCUT2D eigenvalue weighted by Crippen LogP contribution is -2.14. The minimum atomic E-state index is -0.230. The van der Waals surface area contributed by atoms with E-state index in [2.05, 4.69) is 10.3 Å². The molecule has 1 aromatic heterocycles. The van der Waals surface area contributed by atoms with Crippen molar-refractivity contribution in [3.63, 3.8) is 0 Å². The maximum Gasteiger partial charge on any atom is 0.256 e. The predicted octanol–water partition coefficient (Wildman–Crippen LogP) is 2.13. The molecular weight excluding hydrogens is 228 g/mol. The summed E-state index contributed by atoms with van der Waals surface area (Å²) in [6.45, 7) is 1.77. The van der Waals surface area contributed by atoms with Gasteiger partial charge in [-0.1, -0.05) is 23.8 Å². The van der Waals surface area contributed by atoms with E-state index in [1.54, 1.807) is 30.5 Å². The lowest BCUT2D eigenvalue weighted by molar-refractivity contribution is 0.102. The molecule has 0 fully saturated rings. The zero-order chi connectivity index (χ0) is 13.0. The normalized spacial score (nSPS) is 10.1. The number of nitrogens with one attached hydrogen (secondary N) is 1. The van der Waals surface area contributed by atoms with Crippen molar-refractivity contribution in [2.45, 2.75) is 13.5 Å². The van der Waals surface area contributed by atoms with Crippen molar-refractivity contribution in [1.29, 1.82) is 0 Å². The van der Waals surface area contributed by atoms with Gasteiger partial charge in [-0.25, -0.2) is 4.98 Å². The second-order valence-electron chi connectivity index (χ2n) is 3.99. The van der Waals surface area contributed by atoms with Gasteiger partial charge in [-0.05, 0) is 25.1 Å². The summed E-state index contributed by atoms with van der Waals surface area (Å²) in [5, 5.41) is 11.8. The third-order valence-corrected chi connectivity index (χ3v) is 2.57. The Bertz CT molecular complexity index is 567. The maximum atomic E-state index is 12.0. The van der Waals surface area contributed by atoms with Crippen molar-refractivity contribution in [1.82, 2.24) is 4.98 Å². The molecule has 0 aliphatic heterocycles. The van der Waals surface area contributed by atoms with Crippen molar-refractivity contribution in [2.75, 3.05) is 5.32 Å². The van der Waals surface area contributed by atoms with Crippen LogP contribution in [0.1, 0.15) is 21.5 Å². The number of pyridine rings is 1. The quantitative estimate of drug-likeness (QED) is 0.866. The van der Waals surface area contributed by atoms with Gasteiger partial charge in [0.05, 0.1) is 6.61 Å². The molecule has 0 saturated heterocycles. The first-order chi connectivity index (χ1) is 8.70. The summed E-state index contributed by atoms with van der Waals surface area (Å²) in [7, 11) is 0. The molecule has 2 N–H and O–H groups in total. The van der Waals surface area contributed by atoms with Crippen molar-refractivity contribution in [3.8, 4) is 0 Å². The molecule has 4 heteroatoms. The van der Waals surface area contributed by atoms with Gasteiger partial charge >= 0.3 is 0 Å². The Kier molecular flexibility index (Phi) is 3.69. The standard InChI is InChI=1S/C14H14N2O2/c1-10-4-2-5-11(8-10)14(18)16-13-12(9-17)6-3-7-15-13/h2-8,17H,9H2,1H3,(H,15,16,18). The molecule has 1 amide bonds. The number of aliphatic hydroxyl groups excluding tert-OH is 1. The number of hydrogen-bond acceptors (Lipinski definition) is 3. The van der Waals surface area contributed by atoms with Gasteiger partial charge in [0.1, 0.15) is 5.82 Å². The summed E-state index contributed by atoms with van der Waals surface area (Å²) in [5.41, 5.74) is 2.19. The van der Waals surface area contributed by atoms with Crippen LogP contribution in [0.5, 0.6) is 0 Å². The van der Waals surface area contributed by atoms with Crippen LogP contribution in [0.25, 0.3) is 0 Å². The van der Waals surface area contributed by atoms with Crippen LogP contribution in [0.3, 0.4) is 0 Å². The number of hydrogen-bond donors (Lipinski definition) is 2. The number of rotatable bonds is 3. The fourth-order valence-electron chi connectivity index (χ4n) is 1.64. The van der Waals surface area contributed by atoms with Gasteiger partial charge in [-0.2, -0.15) is 0 Å². The highest BCUT2D eigenvalue weighted by Crippen LogP contribution is 2.13. The summed E-state index contributed by atoms with van der Waals surface area (Å²) in [5.74, 6) is 0.165. The highest BCUT2D eigenvalue weighted by molar-refractivity contribution is 6.04. The Balaban J connectivity index is 2.21. The second-order valence-corrected chi connectivity index (χ2v) is 3.99. The number of benzene rings is 1. The number of aryl methyl sites for hydroxylation is 1. The monoisotopic (exact) mass is 242 g/mol. The van der Waals surface area contributed by atoms with E-state index >= 15 is 0 Å². The summed E-state index contributed by atoms with van der Waals surface area (Å²) in [6.07, 6.45) is 1.57. The van der Waals surface area contributed by atoms with Crippen LogP contribution in [0, 0.1) is 6.92 Å². The van der Waals surface area contributed by atoms with Crippen LogP contribution in [0.2, 0.25) is 0 Å². The Morgan fingerprint density at radius 1 is 1.33 bits per heavy atom. The number of aromatic nitrogens is 1. The lowest BCUT2D eigenvalue weighted by atomic mass is 10.1. The zero-order valence-corrected chi connectivity index (χ0v) is 10.1. The molecule has 2 aromatic rings. The highest BCUT2D eigenvalue weighted by atomic mass is 16.3. The average molecular weight is 242 g/mol. The minimum absolute atomic E-state index is 0.155. The lowest BCUT2D eigenvalue weighted by Gasteiger charge is -2.08. The number of nitrogens with zero attached hydrogens (tertiary/aromatic N) is 1. The van der Waals surface area contributed by atoms with Gasteiger partial charge in [-0.3, -0.25) is 4.79 Å². The first-order valence-corrected chi connectivity index (χ1v) is 5.63. The molecule has 92 valence electrons. The smallest absolute Gasteiger partial charge is 0.256 e. The second kappa shape index (κ2) is 5.42. The van der Waals surface area contributed by atoms with Gasteiger partial charge in [0.15, 0.2) is 0 Å². The van der Waals surface area contributed by atoms with Crippen LogP contribution < -0.4 is 5.32 Å². The van der Waals surface area contributed by atoms with Crippen molar-refractivity contribution >= 4 is 11.7 Å². The maximum absolute atomic E-state index is 12.0. The van der Waals surface area contributed by atoms with Crippen molar-refractivity contribution in [3.05, 3.63) is 59.3 Å². The molecule has 18 heavy (non-hydrogen) atoms. The van der Waals surface area contributed by atoms with E-state index in [0.717, 1.165) is 5.56 Å². The SMILES string of the molecule is Cc1cccc(C(=O)Nc2ncccc2CO)c1. The number of carbonyl (C=O) groups excluding carboxylic acids is 1. The predicted molar refractivity (Wildman–Crippen MR) is 69.3 cm³/mol. The molecular formula is C14H14N2O2.